The molecule has 0 atom stereocenters. The van der Waals surface area contributed by atoms with Gasteiger partial charge >= 0.3 is 0 Å². The van der Waals surface area contributed by atoms with Crippen molar-refractivity contribution in [1.82, 2.24) is 10.3 Å². The smallest absolute Gasteiger partial charge is 0.213 e. The number of ether oxygens (including phenoxy) is 3. The monoisotopic (exact) mass is 472 g/mol. The molecule has 1 aromatic carbocycles. The molecule has 0 aliphatic carbocycles. The van der Waals surface area contributed by atoms with E-state index in [4.69, 9.17) is 14.2 Å². The van der Waals surface area contributed by atoms with Gasteiger partial charge in [0.2, 0.25) is 5.88 Å². The van der Waals surface area contributed by atoms with Crippen molar-refractivity contribution in [2.24, 2.45) is 4.99 Å². The fourth-order valence-electron chi connectivity index (χ4n) is 2.18. The molecule has 0 aliphatic heterocycles. The number of halogens is 1. The number of hydrogen-bond donors (Lipinski definition) is 2. The van der Waals surface area contributed by atoms with E-state index in [9.17, 15) is 0 Å². The van der Waals surface area contributed by atoms with Crippen molar-refractivity contribution in [3.05, 3.63) is 42.1 Å². The van der Waals surface area contributed by atoms with Crippen LogP contribution in [0.3, 0.4) is 0 Å². The summed E-state index contributed by atoms with van der Waals surface area (Å²) in [4.78, 5) is 8.58. The molecule has 0 amide bonds. The molecule has 26 heavy (non-hydrogen) atoms. The Morgan fingerprint density at radius 3 is 2.58 bits per heavy atom. The van der Waals surface area contributed by atoms with Crippen LogP contribution in [0.2, 0.25) is 0 Å². The van der Waals surface area contributed by atoms with Crippen molar-refractivity contribution in [1.29, 1.82) is 0 Å². The SMILES string of the molecule is CCOc1cc(NC(=NC)NCc2cccc(OC)n2)ccc1OC.I. The first kappa shape index (κ1) is 21.8. The predicted octanol–water partition coefficient (Wildman–Crippen LogP) is 3.30. The van der Waals surface area contributed by atoms with Gasteiger partial charge in [-0.05, 0) is 25.1 Å². The summed E-state index contributed by atoms with van der Waals surface area (Å²) in [7, 11) is 4.92. The van der Waals surface area contributed by atoms with Gasteiger partial charge < -0.3 is 24.8 Å². The number of guanidine groups is 1. The summed E-state index contributed by atoms with van der Waals surface area (Å²) in [6, 6.07) is 11.3. The largest absolute Gasteiger partial charge is 0.493 e. The second-order valence-corrected chi connectivity index (χ2v) is 5.02. The second-order valence-electron chi connectivity index (χ2n) is 5.02. The topological polar surface area (TPSA) is 77.0 Å². The Labute approximate surface area is 171 Å². The van der Waals surface area contributed by atoms with E-state index in [1.165, 1.54) is 0 Å². The fraction of sp³-hybridized carbons (Fsp3) is 0.333. The molecule has 2 N–H and O–H groups in total. The minimum atomic E-state index is 0. The van der Waals surface area contributed by atoms with E-state index in [-0.39, 0.29) is 24.0 Å². The first-order valence-electron chi connectivity index (χ1n) is 7.98. The number of methoxy groups -OCH3 is 2. The maximum atomic E-state index is 5.59. The number of aromatic nitrogens is 1. The van der Waals surface area contributed by atoms with Crippen LogP contribution in [-0.4, -0.2) is 38.8 Å². The summed E-state index contributed by atoms with van der Waals surface area (Å²) in [5.74, 6) is 2.58. The van der Waals surface area contributed by atoms with Gasteiger partial charge in [-0.1, -0.05) is 6.07 Å². The zero-order valence-corrected chi connectivity index (χ0v) is 17.7. The summed E-state index contributed by atoms with van der Waals surface area (Å²) in [6.45, 7) is 3.01. The van der Waals surface area contributed by atoms with E-state index in [2.05, 4.69) is 20.6 Å². The Kier molecular flexibility index (Phi) is 9.56. The molecule has 0 unspecified atom stereocenters. The lowest BCUT2D eigenvalue weighted by atomic mass is 10.2. The molecule has 7 nitrogen and oxygen atoms in total. The Bertz CT molecular complexity index is 725. The summed E-state index contributed by atoms with van der Waals surface area (Å²) in [5, 5.41) is 6.44. The van der Waals surface area contributed by atoms with Gasteiger partial charge in [-0.2, -0.15) is 0 Å². The highest BCUT2D eigenvalue weighted by atomic mass is 127. The molecule has 142 valence electrons. The van der Waals surface area contributed by atoms with Crippen LogP contribution < -0.4 is 24.8 Å². The summed E-state index contributed by atoms with van der Waals surface area (Å²) < 4.78 is 16.0. The van der Waals surface area contributed by atoms with Gasteiger partial charge in [-0.15, -0.1) is 24.0 Å². The Morgan fingerprint density at radius 2 is 1.92 bits per heavy atom. The molecule has 0 saturated carbocycles. The van der Waals surface area contributed by atoms with Gasteiger partial charge in [0.1, 0.15) is 0 Å². The van der Waals surface area contributed by atoms with Gasteiger partial charge in [-0.3, -0.25) is 4.99 Å². The number of benzene rings is 1. The lowest BCUT2D eigenvalue weighted by molar-refractivity contribution is 0.311. The van der Waals surface area contributed by atoms with E-state index in [1.54, 1.807) is 21.3 Å². The van der Waals surface area contributed by atoms with E-state index < -0.39 is 0 Å². The number of nitrogens with one attached hydrogen (secondary N) is 2. The second kappa shape index (κ2) is 11.4. The van der Waals surface area contributed by atoms with Gasteiger partial charge in [0.15, 0.2) is 17.5 Å². The molecule has 0 radical (unpaired) electrons. The predicted molar refractivity (Wildman–Crippen MR) is 114 cm³/mol. The van der Waals surface area contributed by atoms with E-state index in [0.29, 0.717) is 36.5 Å². The first-order valence-corrected chi connectivity index (χ1v) is 7.98. The quantitative estimate of drug-likeness (QED) is 0.366. The third kappa shape index (κ3) is 6.25. The molecule has 0 fully saturated rings. The van der Waals surface area contributed by atoms with Crippen molar-refractivity contribution in [2.75, 3.05) is 33.2 Å². The van der Waals surface area contributed by atoms with Crippen molar-refractivity contribution in [3.8, 4) is 17.4 Å². The molecule has 1 aromatic heterocycles. The molecule has 8 heteroatoms. The minimum Gasteiger partial charge on any atom is -0.493 e. The molecule has 0 saturated heterocycles. The zero-order chi connectivity index (χ0) is 18.1. The van der Waals surface area contributed by atoms with Crippen molar-refractivity contribution in [3.63, 3.8) is 0 Å². The molecule has 2 aromatic rings. The number of anilines is 1. The molecule has 0 aliphatic rings. The molecular formula is C18H25IN4O3. The average molecular weight is 472 g/mol. The zero-order valence-electron chi connectivity index (χ0n) is 15.4. The van der Waals surface area contributed by atoms with Gasteiger partial charge in [0, 0.05) is 24.9 Å². The molecular weight excluding hydrogens is 447 g/mol. The van der Waals surface area contributed by atoms with E-state index >= 15 is 0 Å². The third-order valence-corrected chi connectivity index (χ3v) is 3.38. The van der Waals surface area contributed by atoms with Crippen LogP contribution in [0, 0.1) is 0 Å². The van der Waals surface area contributed by atoms with Crippen LogP contribution in [0.4, 0.5) is 5.69 Å². The summed E-state index contributed by atoms with van der Waals surface area (Å²) in [5.41, 5.74) is 1.70. The Hall–Kier alpha value is -2.23. The lowest BCUT2D eigenvalue weighted by Gasteiger charge is -2.14. The van der Waals surface area contributed by atoms with Gasteiger partial charge in [-0.25, -0.2) is 4.98 Å². The lowest BCUT2D eigenvalue weighted by Crippen LogP contribution is -2.30. The van der Waals surface area contributed by atoms with Crippen molar-refractivity contribution < 1.29 is 14.2 Å². The fourth-order valence-corrected chi connectivity index (χ4v) is 2.18. The van der Waals surface area contributed by atoms with Crippen LogP contribution in [-0.2, 0) is 6.54 Å². The molecule has 0 spiro atoms. The number of hydrogen-bond acceptors (Lipinski definition) is 5. The Balaban J connectivity index is 0.00000338. The molecule has 1 heterocycles. The van der Waals surface area contributed by atoms with Crippen LogP contribution in [0.5, 0.6) is 17.4 Å². The summed E-state index contributed by atoms with van der Waals surface area (Å²) >= 11 is 0. The summed E-state index contributed by atoms with van der Waals surface area (Å²) in [6.07, 6.45) is 0. The standard InChI is InChI=1S/C18H24N4O3.HI/c1-5-25-16-11-13(9-10-15(16)23-3)22-18(19-2)20-12-14-7-6-8-17(21-14)24-4;/h6-11H,5,12H2,1-4H3,(H2,19,20,22);1H. The Morgan fingerprint density at radius 1 is 1.12 bits per heavy atom. The highest BCUT2D eigenvalue weighted by Crippen LogP contribution is 2.30. The normalized spacial score (nSPS) is 10.5. The van der Waals surface area contributed by atoms with Gasteiger partial charge in [0.25, 0.3) is 0 Å². The number of pyridine rings is 1. The third-order valence-electron chi connectivity index (χ3n) is 3.38. The van der Waals surface area contributed by atoms with E-state index in [0.717, 1.165) is 11.4 Å². The van der Waals surface area contributed by atoms with Crippen LogP contribution in [0.1, 0.15) is 12.6 Å². The van der Waals surface area contributed by atoms with Crippen LogP contribution in [0.15, 0.2) is 41.4 Å². The minimum absolute atomic E-state index is 0. The molecule has 2 rings (SSSR count). The highest BCUT2D eigenvalue weighted by molar-refractivity contribution is 14.0. The number of nitrogens with zero attached hydrogens (tertiary/aromatic N) is 2. The first-order chi connectivity index (χ1) is 12.2. The van der Waals surface area contributed by atoms with Crippen molar-refractivity contribution >= 4 is 35.6 Å². The average Bonchev–Trinajstić information content (AvgIpc) is 2.65. The van der Waals surface area contributed by atoms with Crippen LogP contribution in [0.25, 0.3) is 0 Å². The number of aliphatic imine (C=N–C) groups is 1. The molecule has 0 bridgehead atoms. The van der Waals surface area contributed by atoms with Crippen molar-refractivity contribution in [2.45, 2.75) is 13.5 Å². The van der Waals surface area contributed by atoms with Crippen LogP contribution >= 0.6 is 24.0 Å². The van der Waals surface area contributed by atoms with Gasteiger partial charge in [0.05, 0.1) is 33.1 Å². The number of rotatable bonds is 7. The maximum absolute atomic E-state index is 5.59. The maximum Gasteiger partial charge on any atom is 0.213 e. The highest BCUT2D eigenvalue weighted by Gasteiger charge is 2.07. The van der Waals surface area contributed by atoms with E-state index in [1.807, 2.05) is 43.3 Å².